The van der Waals surface area contributed by atoms with Crippen LogP contribution in [0.5, 0.6) is 0 Å². The van der Waals surface area contributed by atoms with E-state index in [9.17, 15) is 19.8 Å². The van der Waals surface area contributed by atoms with Crippen molar-refractivity contribution in [2.75, 3.05) is 6.61 Å². The summed E-state index contributed by atoms with van der Waals surface area (Å²) >= 11 is 6.40. The Kier molecular flexibility index (Phi) is 6.72. The minimum Gasteiger partial charge on any atom is -0.481 e. The van der Waals surface area contributed by atoms with Crippen LogP contribution in [0.4, 0.5) is 0 Å². The number of benzene rings is 2. The topological polar surface area (TPSA) is 91.6 Å². The van der Waals surface area contributed by atoms with Gasteiger partial charge >= 0.3 is 5.97 Å². The molecule has 0 aliphatic rings. The zero-order valence-corrected chi connectivity index (χ0v) is 18.8. The number of halogens is 1. The largest absolute Gasteiger partial charge is 0.481 e. The second-order valence-corrected chi connectivity index (χ2v) is 8.53. The Labute approximate surface area is 186 Å². The van der Waals surface area contributed by atoms with Crippen molar-refractivity contribution in [1.82, 2.24) is 9.88 Å². The first-order valence-electron chi connectivity index (χ1n) is 10.1. The van der Waals surface area contributed by atoms with E-state index in [-0.39, 0.29) is 18.4 Å². The van der Waals surface area contributed by atoms with Gasteiger partial charge < -0.3 is 20.1 Å². The lowest BCUT2D eigenvalue weighted by molar-refractivity contribution is -0.139. The molecule has 0 spiro atoms. The number of rotatable bonds is 7. The smallest absolute Gasteiger partial charge is 0.311 e. The summed E-state index contributed by atoms with van der Waals surface area (Å²) in [5.74, 6) is -1.88. The van der Waals surface area contributed by atoms with Crippen LogP contribution in [-0.2, 0) is 11.8 Å². The molecule has 1 heterocycles. The molecule has 0 aliphatic carbocycles. The van der Waals surface area contributed by atoms with Crippen LogP contribution in [0.2, 0.25) is 5.02 Å². The lowest BCUT2D eigenvalue weighted by atomic mass is 9.88. The number of carbonyl (C=O) groups excluding carboxylic acids is 1. The quantitative estimate of drug-likeness (QED) is 0.504. The fraction of sp³-hybridized carbons (Fsp3) is 0.333. The monoisotopic (exact) mass is 442 g/mol. The van der Waals surface area contributed by atoms with Gasteiger partial charge in [-0.15, -0.1) is 0 Å². The predicted octanol–water partition coefficient (Wildman–Crippen LogP) is 4.43. The maximum absolute atomic E-state index is 13.0. The van der Waals surface area contributed by atoms with E-state index in [0.29, 0.717) is 21.8 Å². The molecular weight excluding hydrogens is 416 g/mol. The third-order valence-electron chi connectivity index (χ3n) is 5.70. The Hall–Kier alpha value is -2.83. The molecule has 0 fully saturated rings. The number of aromatic nitrogens is 1. The molecule has 0 bridgehead atoms. The Balaban J connectivity index is 1.85. The highest BCUT2D eigenvalue weighted by atomic mass is 35.5. The summed E-state index contributed by atoms with van der Waals surface area (Å²) in [6.45, 7) is 5.34. The number of hydrogen-bond donors (Lipinski definition) is 3. The van der Waals surface area contributed by atoms with Crippen molar-refractivity contribution in [2.24, 2.45) is 13.0 Å². The molecule has 3 rings (SSSR count). The molecule has 3 N–H and O–H groups in total. The van der Waals surface area contributed by atoms with Gasteiger partial charge in [-0.25, -0.2) is 0 Å². The van der Waals surface area contributed by atoms with Crippen LogP contribution in [0.3, 0.4) is 0 Å². The van der Waals surface area contributed by atoms with E-state index in [2.05, 4.69) is 5.32 Å². The van der Waals surface area contributed by atoms with Crippen LogP contribution in [0, 0.1) is 12.8 Å². The number of carboxylic acids is 1. The van der Waals surface area contributed by atoms with Gasteiger partial charge in [-0.05, 0) is 41.7 Å². The summed E-state index contributed by atoms with van der Waals surface area (Å²) in [5, 5.41) is 23.6. The molecule has 0 radical (unpaired) electrons. The van der Waals surface area contributed by atoms with Crippen molar-refractivity contribution >= 4 is 34.4 Å². The van der Waals surface area contributed by atoms with Crippen molar-refractivity contribution in [3.63, 3.8) is 0 Å². The summed E-state index contributed by atoms with van der Waals surface area (Å²) in [4.78, 5) is 24.5. The first-order chi connectivity index (χ1) is 14.6. The lowest BCUT2D eigenvalue weighted by Gasteiger charge is -2.20. The Morgan fingerprint density at radius 2 is 1.71 bits per heavy atom. The van der Waals surface area contributed by atoms with Crippen molar-refractivity contribution in [2.45, 2.75) is 32.7 Å². The minimum absolute atomic E-state index is 0.0568. The van der Waals surface area contributed by atoms with Gasteiger partial charge in [0.1, 0.15) is 5.69 Å². The molecular formula is C24H27ClN2O4. The molecule has 1 aromatic heterocycles. The maximum Gasteiger partial charge on any atom is 0.311 e. The zero-order valence-electron chi connectivity index (χ0n) is 18.0. The molecule has 164 valence electrons. The standard InChI is InChI=1S/C24H27ClN2O4/c1-13(2)21(24(30)31)16-8-6-15(7-9-16)18(12-28)26-23(29)20-11-17-19(27(20)4)10-5-14(3)22(17)25/h5-11,13,18,21,28H,12H2,1-4H3,(H,26,29)(H,30,31)/t18-,21?/m1/s1. The summed E-state index contributed by atoms with van der Waals surface area (Å²) in [7, 11) is 1.80. The maximum atomic E-state index is 13.0. The first kappa shape index (κ1) is 22.8. The van der Waals surface area contributed by atoms with E-state index in [4.69, 9.17) is 11.6 Å². The van der Waals surface area contributed by atoms with Gasteiger partial charge in [-0.3, -0.25) is 9.59 Å². The van der Waals surface area contributed by atoms with E-state index >= 15 is 0 Å². The third-order valence-corrected chi connectivity index (χ3v) is 6.21. The van der Waals surface area contributed by atoms with Gasteiger partial charge in [0.2, 0.25) is 0 Å². The van der Waals surface area contributed by atoms with Crippen molar-refractivity contribution in [1.29, 1.82) is 0 Å². The lowest BCUT2D eigenvalue weighted by Crippen LogP contribution is -2.32. The molecule has 7 heteroatoms. The van der Waals surface area contributed by atoms with E-state index in [1.165, 1.54) is 0 Å². The Morgan fingerprint density at radius 1 is 1.10 bits per heavy atom. The van der Waals surface area contributed by atoms with E-state index < -0.39 is 17.9 Å². The number of carboxylic acid groups (broad SMARTS) is 1. The molecule has 2 aromatic carbocycles. The van der Waals surface area contributed by atoms with E-state index in [1.807, 2.05) is 32.9 Å². The molecule has 6 nitrogen and oxygen atoms in total. The van der Waals surface area contributed by atoms with Crippen LogP contribution in [0.1, 0.15) is 53.0 Å². The van der Waals surface area contributed by atoms with Crippen LogP contribution in [0.25, 0.3) is 10.9 Å². The average molecular weight is 443 g/mol. The molecule has 2 atom stereocenters. The van der Waals surface area contributed by atoms with Gasteiger partial charge in [-0.1, -0.05) is 55.8 Å². The van der Waals surface area contributed by atoms with Crippen LogP contribution in [0.15, 0.2) is 42.5 Å². The Morgan fingerprint density at radius 3 is 2.26 bits per heavy atom. The first-order valence-corrected chi connectivity index (χ1v) is 10.5. The van der Waals surface area contributed by atoms with Crippen molar-refractivity contribution in [3.8, 4) is 0 Å². The number of fused-ring (bicyclic) bond motifs is 1. The molecule has 0 aliphatic heterocycles. The van der Waals surface area contributed by atoms with Crippen molar-refractivity contribution in [3.05, 3.63) is 69.9 Å². The number of amides is 1. The number of carbonyl (C=O) groups is 2. The van der Waals surface area contributed by atoms with Crippen LogP contribution in [-0.4, -0.2) is 33.3 Å². The fourth-order valence-electron chi connectivity index (χ4n) is 3.92. The van der Waals surface area contributed by atoms with Gasteiger partial charge in [0.15, 0.2) is 0 Å². The molecule has 1 unspecified atom stereocenters. The molecule has 31 heavy (non-hydrogen) atoms. The molecule has 0 saturated heterocycles. The predicted molar refractivity (Wildman–Crippen MR) is 122 cm³/mol. The van der Waals surface area contributed by atoms with Crippen molar-refractivity contribution < 1.29 is 19.8 Å². The second-order valence-electron chi connectivity index (χ2n) is 8.15. The molecule has 3 aromatic rings. The number of aliphatic hydroxyl groups is 1. The summed E-state index contributed by atoms with van der Waals surface area (Å²) in [6.07, 6.45) is 0. The SMILES string of the molecule is Cc1ccc2c(cc(C(=O)N[C@H](CO)c3ccc(C(C(=O)O)C(C)C)cc3)n2C)c1Cl. The van der Waals surface area contributed by atoms with Gasteiger partial charge in [0.05, 0.1) is 23.6 Å². The van der Waals surface area contributed by atoms with E-state index in [0.717, 1.165) is 16.5 Å². The van der Waals surface area contributed by atoms with Crippen LogP contribution >= 0.6 is 11.6 Å². The van der Waals surface area contributed by atoms with Gasteiger partial charge in [0, 0.05) is 18.0 Å². The number of aliphatic hydroxyl groups excluding tert-OH is 1. The highest BCUT2D eigenvalue weighted by Gasteiger charge is 2.24. The van der Waals surface area contributed by atoms with Gasteiger partial charge in [-0.2, -0.15) is 0 Å². The minimum atomic E-state index is -0.876. The Bertz CT molecular complexity index is 1120. The average Bonchev–Trinajstić information content (AvgIpc) is 3.06. The fourth-order valence-corrected chi connectivity index (χ4v) is 4.13. The number of nitrogens with one attached hydrogen (secondary N) is 1. The van der Waals surface area contributed by atoms with E-state index in [1.54, 1.807) is 41.9 Å². The highest BCUT2D eigenvalue weighted by molar-refractivity contribution is 6.36. The normalized spacial score (nSPS) is 13.4. The zero-order chi connectivity index (χ0) is 22.9. The highest BCUT2D eigenvalue weighted by Crippen LogP contribution is 2.30. The third kappa shape index (κ3) is 4.45. The molecule has 1 amide bonds. The number of aliphatic carboxylic acids is 1. The number of hydrogen-bond acceptors (Lipinski definition) is 3. The summed E-state index contributed by atoms with van der Waals surface area (Å²) in [6, 6.07) is 11.9. The number of nitrogens with zero attached hydrogens (tertiary/aromatic N) is 1. The number of aryl methyl sites for hydroxylation is 2. The van der Waals surface area contributed by atoms with Crippen LogP contribution < -0.4 is 5.32 Å². The summed E-state index contributed by atoms with van der Waals surface area (Å²) < 4.78 is 1.77. The second kappa shape index (κ2) is 9.12. The summed E-state index contributed by atoms with van der Waals surface area (Å²) in [5.41, 5.74) is 3.59. The molecule has 0 saturated carbocycles. The van der Waals surface area contributed by atoms with Gasteiger partial charge in [0.25, 0.3) is 5.91 Å².